The van der Waals surface area contributed by atoms with Gasteiger partial charge in [0.1, 0.15) is 5.82 Å². The number of rotatable bonds is 2. The van der Waals surface area contributed by atoms with Crippen molar-refractivity contribution in [3.8, 4) is 0 Å². The molecule has 0 aliphatic rings. The van der Waals surface area contributed by atoms with E-state index in [1.807, 2.05) is 38.1 Å². The molecule has 0 saturated carbocycles. The van der Waals surface area contributed by atoms with Crippen molar-refractivity contribution in [3.05, 3.63) is 70.5 Å². The molecule has 0 spiro atoms. The Labute approximate surface area is 101 Å². The van der Waals surface area contributed by atoms with E-state index in [0.717, 1.165) is 22.3 Å². The number of hydrogen-bond acceptors (Lipinski definition) is 1. The summed E-state index contributed by atoms with van der Waals surface area (Å²) >= 11 is 0. The summed E-state index contributed by atoms with van der Waals surface area (Å²) in [6, 6.07) is 12.3. The fourth-order valence-electron chi connectivity index (χ4n) is 2.18. The van der Waals surface area contributed by atoms with Crippen molar-refractivity contribution in [2.75, 3.05) is 0 Å². The summed E-state index contributed by atoms with van der Waals surface area (Å²) in [5.41, 5.74) is 10.4. The van der Waals surface area contributed by atoms with Gasteiger partial charge in [0.05, 0.1) is 6.04 Å². The van der Waals surface area contributed by atoms with Crippen LogP contribution in [0, 0.1) is 19.7 Å². The minimum Gasteiger partial charge on any atom is -0.320 e. The third-order valence-corrected chi connectivity index (χ3v) is 3.06. The molecule has 0 saturated heterocycles. The Morgan fingerprint density at radius 3 is 2.18 bits per heavy atom. The van der Waals surface area contributed by atoms with Crippen LogP contribution in [0.4, 0.5) is 4.39 Å². The van der Waals surface area contributed by atoms with Gasteiger partial charge in [-0.05, 0) is 48.2 Å². The van der Waals surface area contributed by atoms with Gasteiger partial charge in [0, 0.05) is 0 Å². The summed E-state index contributed by atoms with van der Waals surface area (Å²) in [6.45, 7) is 4.06. The molecule has 0 heterocycles. The lowest BCUT2D eigenvalue weighted by molar-refractivity contribution is 0.623. The Morgan fingerprint density at radius 2 is 1.59 bits per heavy atom. The van der Waals surface area contributed by atoms with E-state index in [9.17, 15) is 4.39 Å². The molecule has 17 heavy (non-hydrogen) atoms. The van der Waals surface area contributed by atoms with Crippen LogP contribution in [0.3, 0.4) is 0 Å². The first-order chi connectivity index (χ1) is 8.09. The number of benzene rings is 2. The molecule has 2 aromatic rings. The van der Waals surface area contributed by atoms with E-state index in [1.54, 1.807) is 6.07 Å². The molecule has 0 bridgehead atoms. The topological polar surface area (TPSA) is 26.0 Å². The second-order valence-electron chi connectivity index (χ2n) is 4.34. The average Bonchev–Trinajstić information content (AvgIpc) is 2.28. The first-order valence-electron chi connectivity index (χ1n) is 5.67. The first-order valence-corrected chi connectivity index (χ1v) is 5.67. The van der Waals surface area contributed by atoms with Crippen molar-refractivity contribution in [3.63, 3.8) is 0 Å². The molecule has 2 rings (SSSR count). The van der Waals surface area contributed by atoms with E-state index < -0.39 is 0 Å². The molecule has 1 nitrogen and oxygen atoms in total. The molecule has 0 aromatic heterocycles. The molecule has 0 fully saturated rings. The van der Waals surface area contributed by atoms with Crippen LogP contribution >= 0.6 is 0 Å². The highest BCUT2D eigenvalue weighted by Crippen LogP contribution is 2.25. The van der Waals surface area contributed by atoms with E-state index in [0.29, 0.717) is 0 Å². The van der Waals surface area contributed by atoms with Gasteiger partial charge in [0.2, 0.25) is 0 Å². The fourth-order valence-corrected chi connectivity index (χ4v) is 2.18. The minimum absolute atomic E-state index is 0.246. The van der Waals surface area contributed by atoms with E-state index in [4.69, 9.17) is 5.73 Å². The van der Waals surface area contributed by atoms with Gasteiger partial charge in [-0.1, -0.05) is 30.3 Å². The third-order valence-electron chi connectivity index (χ3n) is 3.06. The van der Waals surface area contributed by atoms with Gasteiger partial charge in [0.15, 0.2) is 0 Å². The summed E-state index contributed by atoms with van der Waals surface area (Å²) in [5, 5.41) is 0. The summed E-state index contributed by atoms with van der Waals surface area (Å²) < 4.78 is 13.2. The van der Waals surface area contributed by atoms with Gasteiger partial charge in [0.25, 0.3) is 0 Å². The summed E-state index contributed by atoms with van der Waals surface area (Å²) in [4.78, 5) is 0. The van der Waals surface area contributed by atoms with E-state index in [2.05, 4.69) is 0 Å². The second-order valence-corrected chi connectivity index (χ2v) is 4.34. The summed E-state index contributed by atoms with van der Waals surface area (Å²) in [7, 11) is 0. The Hall–Kier alpha value is -1.67. The maximum atomic E-state index is 13.2. The molecule has 2 heteroatoms. The zero-order valence-electron chi connectivity index (χ0n) is 10.1. The van der Waals surface area contributed by atoms with Gasteiger partial charge in [-0.25, -0.2) is 4.39 Å². The Balaban J connectivity index is 2.47. The van der Waals surface area contributed by atoms with Crippen LogP contribution in [0.2, 0.25) is 0 Å². The smallest absolute Gasteiger partial charge is 0.123 e. The fraction of sp³-hybridized carbons (Fsp3) is 0.200. The van der Waals surface area contributed by atoms with Crippen LogP contribution in [0.25, 0.3) is 0 Å². The van der Waals surface area contributed by atoms with Gasteiger partial charge in [-0.3, -0.25) is 0 Å². The molecular weight excluding hydrogens is 213 g/mol. The van der Waals surface area contributed by atoms with Gasteiger partial charge < -0.3 is 5.73 Å². The van der Waals surface area contributed by atoms with Gasteiger partial charge in [-0.2, -0.15) is 0 Å². The average molecular weight is 229 g/mol. The van der Waals surface area contributed by atoms with E-state index in [-0.39, 0.29) is 11.9 Å². The first kappa shape index (κ1) is 11.8. The highest BCUT2D eigenvalue weighted by molar-refractivity contribution is 5.41. The standard InChI is InChI=1S/C15H16FN/c1-10-5-3-6-11(2)14(10)15(17)12-7-4-8-13(16)9-12/h3-9,15H,17H2,1-2H3. The lowest BCUT2D eigenvalue weighted by Crippen LogP contribution is -2.14. The molecule has 1 atom stereocenters. The molecule has 88 valence electrons. The zero-order valence-corrected chi connectivity index (χ0v) is 10.1. The van der Waals surface area contributed by atoms with Crippen LogP contribution in [0.1, 0.15) is 28.3 Å². The number of nitrogens with two attached hydrogens (primary N) is 1. The Bertz CT molecular complexity index is 514. The van der Waals surface area contributed by atoms with Crippen LogP contribution in [-0.4, -0.2) is 0 Å². The zero-order chi connectivity index (χ0) is 12.4. The molecule has 0 aliphatic carbocycles. The lowest BCUT2D eigenvalue weighted by atomic mass is 9.92. The lowest BCUT2D eigenvalue weighted by Gasteiger charge is -2.18. The molecule has 2 N–H and O–H groups in total. The highest BCUT2D eigenvalue weighted by Gasteiger charge is 2.13. The van der Waals surface area contributed by atoms with Crippen molar-refractivity contribution in [1.82, 2.24) is 0 Å². The van der Waals surface area contributed by atoms with E-state index >= 15 is 0 Å². The molecule has 0 aliphatic heterocycles. The van der Waals surface area contributed by atoms with Crippen molar-refractivity contribution in [2.24, 2.45) is 5.73 Å². The Morgan fingerprint density at radius 1 is 1.00 bits per heavy atom. The molecule has 0 radical (unpaired) electrons. The maximum Gasteiger partial charge on any atom is 0.123 e. The largest absolute Gasteiger partial charge is 0.320 e. The summed E-state index contributed by atoms with van der Waals surface area (Å²) in [6.07, 6.45) is 0. The highest BCUT2D eigenvalue weighted by atomic mass is 19.1. The van der Waals surface area contributed by atoms with Crippen molar-refractivity contribution in [1.29, 1.82) is 0 Å². The van der Waals surface area contributed by atoms with Gasteiger partial charge >= 0.3 is 0 Å². The molecule has 1 unspecified atom stereocenters. The van der Waals surface area contributed by atoms with Crippen LogP contribution in [-0.2, 0) is 0 Å². The van der Waals surface area contributed by atoms with Crippen molar-refractivity contribution >= 4 is 0 Å². The predicted molar refractivity (Wildman–Crippen MR) is 68.3 cm³/mol. The van der Waals surface area contributed by atoms with Gasteiger partial charge in [-0.15, -0.1) is 0 Å². The molecular formula is C15H16FN. The SMILES string of the molecule is Cc1cccc(C)c1C(N)c1cccc(F)c1. The maximum absolute atomic E-state index is 13.2. The number of aryl methyl sites for hydroxylation is 2. The second kappa shape index (κ2) is 4.68. The molecule has 2 aromatic carbocycles. The molecule has 0 amide bonds. The van der Waals surface area contributed by atoms with Crippen LogP contribution in [0.5, 0.6) is 0 Å². The predicted octanol–water partition coefficient (Wildman–Crippen LogP) is 3.49. The number of hydrogen-bond donors (Lipinski definition) is 1. The minimum atomic E-state index is -0.271. The Kier molecular flexibility index (Phi) is 3.25. The third kappa shape index (κ3) is 2.37. The monoisotopic (exact) mass is 229 g/mol. The van der Waals surface area contributed by atoms with Crippen molar-refractivity contribution < 1.29 is 4.39 Å². The normalized spacial score (nSPS) is 12.5. The summed E-state index contributed by atoms with van der Waals surface area (Å²) in [5.74, 6) is -0.246. The number of halogens is 1. The quantitative estimate of drug-likeness (QED) is 0.838. The van der Waals surface area contributed by atoms with Crippen molar-refractivity contribution in [2.45, 2.75) is 19.9 Å². The van der Waals surface area contributed by atoms with E-state index in [1.165, 1.54) is 12.1 Å². The van der Waals surface area contributed by atoms with Crippen LogP contribution in [0.15, 0.2) is 42.5 Å². The van der Waals surface area contributed by atoms with Crippen LogP contribution < -0.4 is 5.73 Å².